The Morgan fingerprint density at radius 2 is 1.94 bits per heavy atom. The van der Waals surface area contributed by atoms with E-state index < -0.39 is 6.67 Å². The maximum absolute atomic E-state index is 14.3. The smallest absolute Gasteiger partial charge is 0.141 e. The first-order valence-electron chi connectivity index (χ1n) is 11.4. The molecule has 3 aromatic rings. The number of aryl methyl sites for hydroxylation is 1. The zero-order valence-electron chi connectivity index (χ0n) is 20.2. The predicted octanol–water partition coefficient (Wildman–Crippen LogP) is 7.24. The monoisotopic (exact) mass is 439 g/mol. The molecule has 2 aromatic heterocycles. The molecule has 3 rings (SSSR count). The molecule has 0 amide bonds. The van der Waals surface area contributed by atoms with Crippen molar-refractivity contribution in [3.05, 3.63) is 60.2 Å². The first kappa shape index (κ1) is 24.0. The van der Waals surface area contributed by atoms with E-state index in [2.05, 4.69) is 52.0 Å². The van der Waals surface area contributed by atoms with Crippen LogP contribution in [0.5, 0.6) is 0 Å². The van der Waals surface area contributed by atoms with Crippen molar-refractivity contribution in [3.63, 3.8) is 0 Å². The molecular formula is C27H35F2N3. The Morgan fingerprint density at radius 1 is 1.22 bits per heavy atom. The van der Waals surface area contributed by atoms with Crippen LogP contribution < -0.4 is 0 Å². The summed E-state index contributed by atoms with van der Waals surface area (Å²) in [6, 6.07) is 9.31. The average molecular weight is 440 g/mol. The summed E-state index contributed by atoms with van der Waals surface area (Å²) < 4.78 is 29.8. The van der Waals surface area contributed by atoms with Crippen molar-refractivity contribution in [1.29, 1.82) is 0 Å². The van der Waals surface area contributed by atoms with Gasteiger partial charge in [-0.3, -0.25) is 0 Å². The third-order valence-corrected chi connectivity index (χ3v) is 6.29. The van der Waals surface area contributed by atoms with Gasteiger partial charge in [0.1, 0.15) is 18.1 Å². The third kappa shape index (κ3) is 4.72. The van der Waals surface area contributed by atoms with Gasteiger partial charge in [-0.1, -0.05) is 39.5 Å². The Morgan fingerprint density at radius 3 is 2.53 bits per heavy atom. The summed E-state index contributed by atoms with van der Waals surface area (Å²) in [4.78, 5) is 6.98. The lowest BCUT2D eigenvalue weighted by Gasteiger charge is -2.40. The lowest BCUT2D eigenvalue weighted by atomic mass is 9.97. The van der Waals surface area contributed by atoms with Gasteiger partial charge in [-0.25, -0.2) is 13.8 Å². The molecular weight excluding hydrogens is 404 g/mol. The Balaban J connectivity index is 2.14. The van der Waals surface area contributed by atoms with Crippen LogP contribution in [0.15, 0.2) is 43.1 Å². The highest BCUT2D eigenvalue weighted by molar-refractivity contribution is 5.95. The van der Waals surface area contributed by atoms with E-state index in [0.717, 1.165) is 46.5 Å². The number of pyridine rings is 1. The van der Waals surface area contributed by atoms with E-state index in [9.17, 15) is 8.78 Å². The largest absolute Gasteiger partial charge is 0.363 e. The van der Waals surface area contributed by atoms with Gasteiger partial charge in [0, 0.05) is 35.8 Å². The summed E-state index contributed by atoms with van der Waals surface area (Å²) in [6.07, 6.45) is 2.92. The number of fused-ring (bicyclic) bond motifs is 1. The maximum Gasteiger partial charge on any atom is 0.141 e. The van der Waals surface area contributed by atoms with Gasteiger partial charge in [-0.2, -0.15) is 0 Å². The number of hydrogen-bond donors (Lipinski definition) is 0. The van der Waals surface area contributed by atoms with E-state index in [0.29, 0.717) is 11.5 Å². The molecule has 0 unspecified atom stereocenters. The molecule has 0 N–H and O–H groups in total. The van der Waals surface area contributed by atoms with Crippen LogP contribution in [0.3, 0.4) is 0 Å². The second-order valence-electron chi connectivity index (χ2n) is 9.57. The standard InChI is InChI=1S/C27H35F2N3/c1-8-27(6,7)32(14-13-28)20(5)25-12-11-22-23(21-10-9-19(4)24(29)15-21)17-31(16-18(2)3)26(22)30-25/h9-12,15,17-18H,5,8,13-14,16H2,1-4,6-7H3. The van der Waals surface area contributed by atoms with Crippen LogP contribution in [0.4, 0.5) is 8.78 Å². The maximum atomic E-state index is 14.3. The average Bonchev–Trinajstić information content (AvgIpc) is 3.10. The zero-order chi connectivity index (χ0) is 23.6. The number of halogens is 2. The summed E-state index contributed by atoms with van der Waals surface area (Å²) >= 11 is 0. The fourth-order valence-electron chi connectivity index (χ4n) is 4.06. The molecule has 0 saturated carbocycles. The highest BCUT2D eigenvalue weighted by Crippen LogP contribution is 2.34. The number of rotatable bonds is 9. The van der Waals surface area contributed by atoms with Gasteiger partial charge in [-0.15, -0.1) is 0 Å². The zero-order valence-corrected chi connectivity index (χ0v) is 20.2. The molecule has 2 heterocycles. The van der Waals surface area contributed by atoms with Gasteiger partial charge in [0.15, 0.2) is 0 Å². The summed E-state index contributed by atoms with van der Waals surface area (Å²) in [5.41, 5.74) is 4.48. The molecule has 3 nitrogen and oxygen atoms in total. The van der Waals surface area contributed by atoms with E-state index in [1.807, 2.05) is 29.2 Å². The van der Waals surface area contributed by atoms with Crippen molar-refractivity contribution < 1.29 is 8.78 Å². The van der Waals surface area contributed by atoms with Gasteiger partial charge < -0.3 is 9.47 Å². The first-order chi connectivity index (χ1) is 15.1. The summed E-state index contributed by atoms with van der Waals surface area (Å²) in [6.45, 7) is 17.3. The first-order valence-corrected chi connectivity index (χ1v) is 11.4. The van der Waals surface area contributed by atoms with Crippen LogP contribution in [0.2, 0.25) is 0 Å². The molecule has 0 aliphatic heterocycles. The van der Waals surface area contributed by atoms with Crippen LogP contribution in [0.1, 0.15) is 52.3 Å². The van der Waals surface area contributed by atoms with Crippen molar-refractivity contribution in [2.45, 2.75) is 60.0 Å². The van der Waals surface area contributed by atoms with E-state index in [1.165, 1.54) is 0 Å². The summed E-state index contributed by atoms with van der Waals surface area (Å²) in [7, 11) is 0. The van der Waals surface area contributed by atoms with E-state index in [1.54, 1.807) is 13.0 Å². The van der Waals surface area contributed by atoms with Crippen molar-refractivity contribution >= 4 is 16.7 Å². The minimum Gasteiger partial charge on any atom is -0.363 e. The molecule has 1 aromatic carbocycles. The highest BCUT2D eigenvalue weighted by Gasteiger charge is 2.27. The van der Waals surface area contributed by atoms with Crippen molar-refractivity contribution in [2.24, 2.45) is 5.92 Å². The second kappa shape index (κ2) is 9.43. The van der Waals surface area contributed by atoms with Gasteiger partial charge in [0.05, 0.1) is 11.4 Å². The fraction of sp³-hybridized carbons (Fsp3) is 0.444. The number of hydrogen-bond acceptors (Lipinski definition) is 2. The van der Waals surface area contributed by atoms with Crippen LogP contribution in [-0.4, -0.2) is 33.2 Å². The van der Waals surface area contributed by atoms with Crippen molar-refractivity contribution in [2.75, 3.05) is 13.2 Å². The highest BCUT2D eigenvalue weighted by atomic mass is 19.1. The molecule has 0 fully saturated rings. The SMILES string of the molecule is C=C(c1ccc2c(-c3ccc(C)c(F)c3)cn(CC(C)C)c2n1)N(CCF)C(C)(C)CC. The molecule has 0 aliphatic rings. The van der Waals surface area contributed by atoms with Crippen LogP contribution in [0, 0.1) is 18.7 Å². The molecule has 0 spiro atoms. The number of aromatic nitrogens is 2. The van der Waals surface area contributed by atoms with Gasteiger partial charge in [0.25, 0.3) is 0 Å². The van der Waals surface area contributed by atoms with Crippen LogP contribution in [0.25, 0.3) is 27.9 Å². The number of alkyl halides is 1. The molecule has 172 valence electrons. The molecule has 32 heavy (non-hydrogen) atoms. The quantitative estimate of drug-likeness (QED) is 0.350. The molecule has 0 atom stereocenters. The van der Waals surface area contributed by atoms with E-state index in [4.69, 9.17) is 4.98 Å². The van der Waals surface area contributed by atoms with Crippen LogP contribution in [-0.2, 0) is 6.54 Å². The number of benzene rings is 1. The van der Waals surface area contributed by atoms with E-state index in [-0.39, 0.29) is 17.9 Å². The topological polar surface area (TPSA) is 21.1 Å². The normalized spacial score (nSPS) is 12.0. The Labute approximate surface area is 190 Å². The Kier molecular flexibility index (Phi) is 7.06. The van der Waals surface area contributed by atoms with E-state index >= 15 is 0 Å². The second-order valence-corrected chi connectivity index (χ2v) is 9.57. The number of nitrogens with zero attached hydrogens (tertiary/aromatic N) is 3. The third-order valence-electron chi connectivity index (χ3n) is 6.29. The van der Waals surface area contributed by atoms with Crippen LogP contribution >= 0.6 is 0 Å². The predicted molar refractivity (Wildman–Crippen MR) is 131 cm³/mol. The lowest BCUT2D eigenvalue weighted by molar-refractivity contribution is 0.180. The van der Waals surface area contributed by atoms with Crippen molar-refractivity contribution in [1.82, 2.24) is 14.5 Å². The minimum atomic E-state index is -0.447. The molecule has 0 radical (unpaired) electrons. The lowest BCUT2D eigenvalue weighted by Crippen LogP contribution is -2.43. The Bertz CT molecular complexity index is 1110. The minimum absolute atomic E-state index is 0.214. The Hall–Kier alpha value is -2.69. The van der Waals surface area contributed by atoms with Gasteiger partial charge >= 0.3 is 0 Å². The molecule has 0 bridgehead atoms. The van der Waals surface area contributed by atoms with Gasteiger partial charge in [0.2, 0.25) is 0 Å². The summed E-state index contributed by atoms with van der Waals surface area (Å²) in [5.74, 6) is 0.206. The summed E-state index contributed by atoms with van der Waals surface area (Å²) in [5, 5.41) is 0.970. The molecule has 0 aliphatic carbocycles. The van der Waals surface area contributed by atoms with Crippen molar-refractivity contribution in [3.8, 4) is 11.1 Å². The fourth-order valence-corrected chi connectivity index (χ4v) is 4.06. The molecule has 5 heteroatoms. The van der Waals surface area contributed by atoms with Gasteiger partial charge in [-0.05, 0) is 62.4 Å². The molecule has 0 saturated heterocycles.